The third kappa shape index (κ3) is 3.16. The predicted molar refractivity (Wildman–Crippen MR) is 92.2 cm³/mol. The molecule has 2 rings (SSSR count). The normalized spacial score (nSPS) is 12.8. The third-order valence-corrected chi connectivity index (χ3v) is 5.51. The Morgan fingerprint density at radius 1 is 1.38 bits per heavy atom. The number of nitrogen functional groups attached to an aromatic ring is 1. The molecule has 0 spiro atoms. The molecule has 0 aliphatic rings. The Kier molecular flexibility index (Phi) is 5.12. The van der Waals surface area contributed by atoms with E-state index in [9.17, 15) is 4.79 Å². The van der Waals surface area contributed by atoms with Crippen molar-refractivity contribution in [3.05, 3.63) is 28.1 Å². The monoisotopic (exact) mass is 324 g/mol. The second-order valence-corrected chi connectivity index (χ2v) is 6.76. The summed E-state index contributed by atoms with van der Waals surface area (Å²) in [6, 6.07) is 5.73. The summed E-state index contributed by atoms with van der Waals surface area (Å²) in [6.07, 6.45) is 2.09. The Bertz CT molecular complexity index is 649. The Morgan fingerprint density at radius 2 is 2.05 bits per heavy atom. The van der Waals surface area contributed by atoms with Gasteiger partial charge in [-0.05, 0) is 25.0 Å². The number of thiophene rings is 1. The van der Waals surface area contributed by atoms with E-state index in [1.54, 1.807) is 6.07 Å². The number of rotatable bonds is 5. The maximum absolute atomic E-state index is 12.5. The number of benzene rings is 1. The summed E-state index contributed by atoms with van der Waals surface area (Å²) in [6.45, 7) is 6.33. The lowest BCUT2D eigenvalue weighted by Crippen LogP contribution is -2.37. The van der Waals surface area contributed by atoms with Crippen LogP contribution in [-0.2, 0) is 0 Å². The molecule has 1 aromatic carbocycles. The minimum Gasteiger partial charge on any atom is -0.397 e. The number of hydrogen-bond donors (Lipinski definition) is 2. The first-order valence-corrected chi connectivity index (χ1v) is 8.46. The molecule has 1 aromatic heterocycles. The van der Waals surface area contributed by atoms with E-state index < -0.39 is 0 Å². The van der Waals surface area contributed by atoms with E-state index in [-0.39, 0.29) is 11.9 Å². The first-order chi connectivity index (χ1) is 9.99. The molecule has 3 N–H and O–H groups in total. The average Bonchev–Trinajstić information content (AvgIpc) is 2.79. The highest BCUT2D eigenvalue weighted by molar-refractivity contribution is 7.21. The van der Waals surface area contributed by atoms with Gasteiger partial charge in [0.1, 0.15) is 4.88 Å². The van der Waals surface area contributed by atoms with Crippen LogP contribution in [0.1, 0.15) is 43.3 Å². The highest BCUT2D eigenvalue weighted by Crippen LogP contribution is 2.38. The van der Waals surface area contributed by atoms with Crippen LogP contribution in [-0.4, -0.2) is 11.9 Å². The number of carbonyl (C=O) groups is 1. The molecule has 0 saturated heterocycles. The average molecular weight is 325 g/mol. The van der Waals surface area contributed by atoms with Gasteiger partial charge in [-0.2, -0.15) is 0 Å². The van der Waals surface area contributed by atoms with Gasteiger partial charge < -0.3 is 11.1 Å². The summed E-state index contributed by atoms with van der Waals surface area (Å²) < 4.78 is 0.945. The van der Waals surface area contributed by atoms with Crippen molar-refractivity contribution in [2.24, 2.45) is 5.92 Å². The maximum Gasteiger partial charge on any atom is 0.263 e. The SMILES string of the molecule is CCC(CC)C(C)NC(=O)c1sc2cccc(Cl)c2c1N. The molecule has 5 heteroatoms. The summed E-state index contributed by atoms with van der Waals surface area (Å²) >= 11 is 7.57. The van der Waals surface area contributed by atoms with E-state index in [0.29, 0.717) is 21.5 Å². The Balaban J connectivity index is 2.28. The van der Waals surface area contributed by atoms with Gasteiger partial charge in [-0.3, -0.25) is 4.79 Å². The molecule has 21 heavy (non-hydrogen) atoms. The predicted octanol–water partition coefficient (Wildman–Crippen LogP) is 4.69. The molecule has 1 unspecified atom stereocenters. The van der Waals surface area contributed by atoms with Crippen molar-refractivity contribution >= 4 is 44.6 Å². The minimum atomic E-state index is -0.107. The van der Waals surface area contributed by atoms with Gasteiger partial charge in [0, 0.05) is 16.1 Å². The van der Waals surface area contributed by atoms with Crippen LogP contribution >= 0.6 is 22.9 Å². The number of anilines is 1. The van der Waals surface area contributed by atoms with Crippen LogP contribution in [0.5, 0.6) is 0 Å². The van der Waals surface area contributed by atoms with E-state index in [2.05, 4.69) is 19.2 Å². The van der Waals surface area contributed by atoms with Crippen LogP contribution in [0.15, 0.2) is 18.2 Å². The molecule has 0 aliphatic heterocycles. The van der Waals surface area contributed by atoms with Gasteiger partial charge in [0.2, 0.25) is 0 Å². The van der Waals surface area contributed by atoms with E-state index in [1.165, 1.54) is 11.3 Å². The van der Waals surface area contributed by atoms with Gasteiger partial charge in [-0.15, -0.1) is 11.3 Å². The van der Waals surface area contributed by atoms with Crippen molar-refractivity contribution in [3.8, 4) is 0 Å². The number of amides is 1. The molecule has 2 aromatic rings. The summed E-state index contributed by atoms with van der Waals surface area (Å²) in [5.74, 6) is 0.373. The second kappa shape index (κ2) is 6.67. The van der Waals surface area contributed by atoms with E-state index >= 15 is 0 Å². The first-order valence-electron chi connectivity index (χ1n) is 7.26. The molecule has 1 amide bonds. The highest BCUT2D eigenvalue weighted by Gasteiger charge is 2.21. The topological polar surface area (TPSA) is 55.1 Å². The van der Waals surface area contributed by atoms with Gasteiger partial charge in [0.15, 0.2) is 0 Å². The van der Waals surface area contributed by atoms with Crippen molar-refractivity contribution in [3.63, 3.8) is 0 Å². The summed E-state index contributed by atoms with van der Waals surface area (Å²) in [5, 5.41) is 4.44. The largest absolute Gasteiger partial charge is 0.397 e. The van der Waals surface area contributed by atoms with Gasteiger partial charge in [0.05, 0.1) is 10.7 Å². The van der Waals surface area contributed by atoms with Crippen LogP contribution in [0.25, 0.3) is 10.1 Å². The number of carbonyl (C=O) groups excluding carboxylic acids is 1. The van der Waals surface area contributed by atoms with E-state index in [4.69, 9.17) is 17.3 Å². The minimum absolute atomic E-state index is 0.107. The summed E-state index contributed by atoms with van der Waals surface area (Å²) in [5.41, 5.74) is 6.60. The van der Waals surface area contributed by atoms with Gasteiger partial charge in [0.25, 0.3) is 5.91 Å². The maximum atomic E-state index is 12.5. The van der Waals surface area contributed by atoms with Crippen molar-refractivity contribution in [1.82, 2.24) is 5.32 Å². The zero-order valence-corrected chi connectivity index (χ0v) is 14.1. The lowest BCUT2D eigenvalue weighted by atomic mass is 9.95. The lowest BCUT2D eigenvalue weighted by molar-refractivity contribution is 0.0930. The van der Waals surface area contributed by atoms with Crippen molar-refractivity contribution in [2.45, 2.75) is 39.7 Å². The summed E-state index contributed by atoms with van der Waals surface area (Å²) in [4.78, 5) is 13.0. The van der Waals surface area contributed by atoms with Crippen molar-refractivity contribution in [2.75, 3.05) is 5.73 Å². The van der Waals surface area contributed by atoms with Gasteiger partial charge in [-0.25, -0.2) is 0 Å². The molecular formula is C16H21ClN2OS. The molecule has 0 bridgehead atoms. The molecule has 0 aliphatic carbocycles. The standard InChI is InChI=1S/C16H21ClN2OS/c1-4-10(5-2)9(3)19-16(20)15-14(18)13-11(17)7-6-8-12(13)21-15/h6-10H,4-5,18H2,1-3H3,(H,19,20). The lowest BCUT2D eigenvalue weighted by Gasteiger charge is -2.22. The van der Waals surface area contributed by atoms with Crippen molar-refractivity contribution in [1.29, 1.82) is 0 Å². The number of nitrogens with two attached hydrogens (primary N) is 1. The Hall–Kier alpha value is -1.26. The molecule has 1 heterocycles. The molecule has 0 radical (unpaired) electrons. The fraction of sp³-hybridized carbons (Fsp3) is 0.438. The van der Waals surface area contributed by atoms with Gasteiger partial charge >= 0.3 is 0 Å². The zero-order chi connectivity index (χ0) is 15.6. The Labute approximate surface area is 134 Å². The van der Waals surface area contributed by atoms with Crippen LogP contribution in [0.4, 0.5) is 5.69 Å². The smallest absolute Gasteiger partial charge is 0.263 e. The van der Waals surface area contributed by atoms with Crippen LogP contribution in [0.3, 0.4) is 0 Å². The fourth-order valence-corrected chi connectivity index (χ4v) is 4.07. The highest BCUT2D eigenvalue weighted by atomic mass is 35.5. The first kappa shape index (κ1) is 16.1. The summed E-state index contributed by atoms with van der Waals surface area (Å²) in [7, 11) is 0. The fourth-order valence-electron chi connectivity index (χ4n) is 2.68. The molecule has 3 nitrogen and oxygen atoms in total. The van der Waals surface area contributed by atoms with Crippen LogP contribution < -0.4 is 11.1 Å². The number of hydrogen-bond acceptors (Lipinski definition) is 3. The molecule has 1 atom stereocenters. The van der Waals surface area contributed by atoms with Crippen molar-refractivity contribution < 1.29 is 4.79 Å². The molecule has 0 saturated carbocycles. The molecule has 114 valence electrons. The van der Waals surface area contributed by atoms with E-state index in [0.717, 1.165) is 22.9 Å². The second-order valence-electron chi connectivity index (χ2n) is 5.30. The van der Waals surface area contributed by atoms with Crippen LogP contribution in [0, 0.1) is 5.92 Å². The quantitative estimate of drug-likeness (QED) is 0.838. The van der Waals surface area contributed by atoms with Gasteiger partial charge in [-0.1, -0.05) is 44.4 Å². The molecular weight excluding hydrogens is 304 g/mol. The molecule has 0 fully saturated rings. The van der Waals surface area contributed by atoms with E-state index in [1.807, 2.05) is 19.1 Å². The number of nitrogens with one attached hydrogen (secondary N) is 1. The number of halogens is 1. The third-order valence-electron chi connectivity index (χ3n) is 4.02. The Morgan fingerprint density at radius 3 is 2.62 bits per heavy atom. The van der Waals surface area contributed by atoms with Crippen LogP contribution in [0.2, 0.25) is 5.02 Å². The number of fused-ring (bicyclic) bond motifs is 1. The zero-order valence-electron chi connectivity index (χ0n) is 12.6.